The molecule has 1 N–H and O–H groups in total. The lowest BCUT2D eigenvalue weighted by Crippen LogP contribution is -2.47. The average Bonchev–Trinajstić information content (AvgIpc) is 2.87. The SMILES string of the molecule is OC(CCc1cccs1)CC12CC3CC(CC(C3)C1)C2. The molecule has 5 rings (SSSR count). The van der Waals surface area contributed by atoms with Crippen molar-refractivity contribution in [2.75, 3.05) is 0 Å². The van der Waals surface area contributed by atoms with E-state index < -0.39 is 0 Å². The topological polar surface area (TPSA) is 20.2 Å². The molecule has 4 aliphatic rings. The van der Waals surface area contributed by atoms with Crippen LogP contribution in [0.15, 0.2) is 17.5 Å². The van der Waals surface area contributed by atoms with Crippen LogP contribution in [0.2, 0.25) is 0 Å². The molecule has 20 heavy (non-hydrogen) atoms. The molecule has 0 saturated heterocycles. The predicted molar refractivity (Wildman–Crippen MR) is 83.9 cm³/mol. The highest BCUT2D eigenvalue weighted by atomic mass is 32.1. The molecule has 1 atom stereocenters. The maximum Gasteiger partial charge on any atom is 0.0549 e. The molecule has 0 spiro atoms. The van der Waals surface area contributed by atoms with Crippen LogP contribution in [0.3, 0.4) is 0 Å². The summed E-state index contributed by atoms with van der Waals surface area (Å²) in [5.41, 5.74) is 0.531. The molecule has 0 radical (unpaired) electrons. The molecule has 1 aromatic rings. The quantitative estimate of drug-likeness (QED) is 0.837. The first-order chi connectivity index (χ1) is 9.71. The fraction of sp³-hybridized carbons (Fsp3) is 0.778. The summed E-state index contributed by atoms with van der Waals surface area (Å²) in [6.45, 7) is 0. The van der Waals surface area contributed by atoms with Gasteiger partial charge in [-0.1, -0.05) is 6.07 Å². The van der Waals surface area contributed by atoms with Gasteiger partial charge in [-0.05, 0) is 92.4 Å². The molecule has 0 aliphatic heterocycles. The van der Waals surface area contributed by atoms with Crippen LogP contribution in [0.1, 0.15) is 56.2 Å². The van der Waals surface area contributed by atoms with Gasteiger partial charge in [0.05, 0.1) is 6.10 Å². The molecule has 1 unspecified atom stereocenters. The van der Waals surface area contributed by atoms with Crippen molar-refractivity contribution in [2.45, 2.75) is 63.9 Å². The van der Waals surface area contributed by atoms with Crippen LogP contribution in [-0.4, -0.2) is 11.2 Å². The van der Waals surface area contributed by atoms with Crippen LogP contribution < -0.4 is 0 Å². The minimum Gasteiger partial charge on any atom is -0.393 e. The lowest BCUT2D eigenvalue weighted by atomic mass is 9.48. The van der Waals surface area contributed by atoms with Gasteiger partial charge in [0.15, 0.2) is 0 Å². The number of hydrogen-bond acceptors (Lipinski definition) is 2. The van der Waals surface area contributed by atoms with Crippen molar-refractivity contribution < 1.29 is 5.11 Å². The van der Waals surface area contributed by atoms with Crippen molar-refractivity contribution in [3.8, 4) is 0 Å². The molecule has 0 aromatic carbocycles. The third kappa shape index (κ3) is 2.57. The van der Waals surface area contributed by atoms with Gasteiger partial charge in [-0.15, -0.1) is 11.3 Å². The van der Waals surface area contributed by atoms with Crippen molar-refractivity contribution in [1.82, 2.24) is 0 Å². The van der Waals surface area contributed by atoms with E-state index in [2.05, 4.69) is 17.5 Å². The number of aliphatic hydroxyl groups excluding tert-OH is 1. The predicted octanol–water partition coefficient (Wildman–Crippen LogP) is 4.65. The molecule has 1 nitrogen and oxygen atoms in total. The molecule has 1 heterocycles. The number of aryl methyl sites for hydroxylation is 1. The van der Waals surface area contributed by atoms with E-state index in [-0.39, 0.29) is 6.10 Å². The van der Waals surface area contributed by atoms with E-state index in [0.717, 1.165) is 37.0 Å². The standard InChI is InChI=1S/C18H26OS/c19-16(3-4-17-2-1-5-20-17)12-18-9-13-6-14(10-18)8-15(7-13)11-18/h1-2,5,13-16,19H,3-4,6-12H2. The van der Waals surface area contributed by atoms with Crippen molar-refractivity contribution in [3.05, 3.63) is 22.4 Å². The van der Waals surface area contributed by atoms with Crippen LogP contribution in [0, 0.1) is 23.2 Å². The van der Waals surface area contributed by atoms with Gasteiger partial charge in [-0.2, -0.15) is 0 Å². The Morgan fingerprint density at radius 2 is 1.80 bits per heavy atom. The summed E-state index contributed by atoms with van der Waals surface area (Å²) in [5, 5.41) is 12.7. The average molecular weight is 290 g/mol. The third-order valence-corrected chi connectivity index (χ3v) is 7.07. The van der Waals surface area contributed by atoms with Gasteiger partial charge in [0.2, 0.25) is 0 Å². The normalized spacial score (nSPS) is 40.1. The van der Waals surface area contributed by atoms with Gasteiger partial charge < -0.3 is 5.11 Å². The number of thiophene rings is 1. The molecule has 4 bridgehead atoms. The van der Waals surface area contributed by atoms with Gasteiger partial charge in [-0.3, -0.25) is 0 Å². The largest absolute Gasteiger partial charge is 0.393 e. The number of aliphatic hydroxyl groups is 1. The first-order valence-corrected chi connectivity index (χ1v) is 9.29. The highest BCUT2D eigenvalue weighted by Crippen LogP contribution is 2.61. The fourth-order valence-corrected chi connectivity index (χ4v) is 6.63. The first kappa shape index (κ1) is 13.3. The summed E-state index contributed by atoms with van der Waals surface area (Å²) in [7, 11) is 0. The van der Waals surface area contributed by atoms with Gasteiger partial charge in [0, 0.05) is 4.88 Å². The Morgan fingerprint density at radius 1 is 1.15 bits per heavy atom. The summed E-state index contributed by atoms with van der Waals surface area (Å²) in [6, 6.07) is 4.31. The van der Waals surface area contributed by atoms with E-state index in [0.29, 0.717) is 5.41 Å². The van der Waals surface area contributed by atoms with Gasteiger partial charge >= 0.3 is 0 Å². The van der Waals surface area contributed by atoms with Crippen LogP contribution in [0.5, 0.6) is 0 Å². The third-order valence-electron chi connectivity index (χ3n) is 6.14. The van der Waals surface area contributed by atoms with Gasteiger partial charge in [0.25, 0.3) is 0 Å². The smallest absolute Gasteiger partial charge is 0.0549 e. The van der Waals surface area contributed by atoms with Crippen LogP contribution in [0.25, 0.3) is 0 Å². The lowest BCUT2D eigenvalue weighted by molar-refractivity contribution is -0.0765. The van der Waals surface area contributed by atoms with E-state index in [4.69, 9.17) is 0 Å². The zero-order valence-corrected chi connectivity index (χ0v) is 13.1. The van der Waals surface area contributed by atoms with E-state index in [1.807, 2.05) is 11.3 Å². The van der Waals surface area contributed by atoms with Crippen molar-refractivity contribution in [2.24, 2.45) is 23.2 Å². The van der Waals surface area contributed by atoms with Crippen LogP contribution >= 0.6 is 11.3 Å². The second-order valence-electron chi connectivity index (χ2n) is 7.89. The Balaban J connectivity index is 1.36. The molecule has 2 heteroatoms. The maximum absolute atomic E-state index is 10.5. The van der Waals surface area contributed by atoms with E-state index >= 15 is 0 Å². The van der Waals surface area contributed by atoms with Crippen LogP contribution in [-0.2, 0) is 6.42 Å². The number of hydrogen-bond donors (Lipinski definition) is 1. The number of rotatable bonds is 5. The zero-order valence-electron chi connectivity index (χ0n) is 12.3. The Morgan fingerprint density at radius 3 is 2.35 bits per heavy atom. The minimum atomic E-state index is -0.0756. The summed E-state index contributed by atoms with van der Waals surface area (Å²) in [4.78, 5) is 1.43. The molecular formula is C18H26OS. The first-order valence-electron chi connectivity index (χ1n) is 8.41. The van der Waals surface area contributed by atoms with Crippen molar-refractivity contribution in [3.63, 3.8) is 0 Å². The minimum absolute atomic E-state index is 0.0756. The summed E-state index contributed by atoms with van der Waals surface area (Å²) < 4.78 is 0. The van der Waals surface area contributed by atoms with Crippen molar-refractivity contribution in [1.29, 1.82) is 0 Å². The van der Waals surface area contributed by atoms with E-state index in [1.54, 1.807) is 0 Å². The van der Waals surface area contributed by atoms with E-state index in [1.165, 1.54) is 43.4 Å². The fourth-order valence-electron chi connectivity index (χ4n) is 5.91. The maximum atomic E-state index is 10.5. The zero-order chi connectivity index (χ0) is 13.6. The van der Waals surface area contributed by atoms with Crippen molar-refractivity contribution >= 4 is 11.3 Å². The Labute approximate surface area is 126 Å². The summed E-state index contributed by atoms with van der Waals surface area (Å²) >= 11 is 1.82. The molecule has 110 valence electrons. The monoisotopic (exact) mass is 290 g/mol. The van der Waals surface area contributed by atoms with Gasteiger partial charge in [0.1, 0.15) is 0 Å². The molecule has 0 amide bonds. The molecule has 4 fully saturated rings. The summed E-state index contributed by atoms with van der Waals surface area (Å²) in [5.74, 6) is 3.02. The van der Waals surface area contributed by atoms with E-state index in [9.17, 15) is 5.11 Å². The highest BCUT2D eigenvalue weighted by Gasteiger charge is 2.51. The van der Waals surface area contributed by atoms with Gasteiger partial charge in [-0.25, -0.2) is 0 Å². The molecule has 4 aliphatic carbocycles. The lowest BCUT2D eigenvalue weighted by Gasteiger charge is -2.57. The van der Waals surface area contributed by atoms with Crippen LogP contribution in [0.4, 0.5) is 0 Å². The second kappa shape index (κ2) is 5.14. The Kier molecular flexibility index (Phi) is 3.42. The Hall–Kier alpha value is -0.340. The highest BCUT2D eigenvalue weighted by molar-refractivity contribution is 7.09. The second-order valence-corrected chi connectivity index (χ2v) is 8.93. The Bertz CT molecular complexity index is 415. The molecule has 4 saturated carbocycles. The molecule has 1 aromatic heterocycles. The molecular weight excluding hydrogens is 264 g/mol. The summed E-state index contributed by atoms with van der Waals surface area (Å²) in [6.07, 6.45) is 11.8.